The van der Waals surface area contributed by atoms with Crippen LogP contribution in [-0.4, -0.2) is 51.0 Å². The Morgan fingerprint density at radius 3 is 2.58 bits per heavy atom. The molecule has 38 heavy (non-hydrogen) atoms. The number of pyridine rings is 2. The Balaban J connectivity index is 1.37. The summed E-state index contributed by atoms with van der Waals surface area (Å²) in [6.07, 6.45) is 7.79. The van der Waals surface area contributed by atoms with Crippen molar-refractivity contribution in [1.29, 1.82) is 0 Å². The van der Waals surface area contributed by atoms with Gasteiger partial charge in [-0.15, -0.1) is 0 Å². The van der Waals surface area contributed by atoms with Gasteiger partial charge < -0.3 is 14.4 Å². The average molecular weight is 571 g/mol. The zero-order valence-corrected chi connectivity index (χ0v) is 23.5. The van der Waals surface area contributed by atoms with Crippen LogP contribution in [0.5, 0.6) is 5.75 Å². The second kappa shape index (κ2) is 11.3. The number of hydrogen-bond acceptors (Lipinski definition) is 7. The van der Waals surface area contributed by atoms with Crippen LogP contribution >= 0.6 is 35.0 Å². The maximum absolute atomic E-state index is 6.38. The molecule has 0 N–H and O–H groups in total. The van der Waals surface area contributed by atoms with Crippen LogP contribution in [0.3, 0.4) is 0 Å². The molecule has 0 amide bonds. The third-order valence-electron chi connectivity index (χ3n) is 7.07. The minimum Gasteiger partial charge on any atom is -0.486 e. The molecule has 10 heteroatoms. The molecule has 2 aliphatic rings. The molecule has 2 atom stereocenters. The Kier molecular flexibility index (Phi) is 7.66. The minimum atomic E-state index is -0.362. The lowest BCUT2D eigenvalue weighted by molar-refractivity contribution is -0.0365. The molecule has 2 fully saturated rings. The molecular weight excluding hydrogens is 541 g/mol. The summed E-state index contributed by atoms with van der Waals surface area (Å²) < 4.78 is 14.5. The zero-order chi connectivity index (χ0) is 26.1. The van der Waals surface area contributed by atoms with Crippen molar-refractivity contribution in [2.75, 3.05) is 36.1 Å². The van der Waals surface area contributed by atoms with E-state index in [1.165, 1.54) is 0 Å². The molecule has 0 aliphatic carbocycles. The van der Waals surface area contributed by atoms with Crippen molar-refractivity contribution >= 4 is 51.7 Å². The highest BCUT2D eigenvalue weighted by Gasteiger charge is 2.23. The van der Waals surface area contributed by atoms with Gasteiger partial charge >= 0.3 is 0 Å². The molecule has 1 aromatic carbocycles. The van der Waals surface area contributed by atoms with Crippen LogP contribution in [0, 0.1) is 0 Å². The zero-order valence-electron chi connectivity index (χ0n) is 21.1. The van der Waals surface area contributed by atoms with E-state index in [9.17, 15) is 0 Å². The normalized spacial score (nSPS) is 19.0. The molecular formula is C28H29Cl2N5O2S. The first kappa shape index (κ1) is 25.7. The number of ether oxygens (including phenoxy) is 2. The highest BCUT2D eigenvalue weighted by molar-refractivity contribution is 7.99. The smallest absolute Gasteiger partial charge is 0.150 e. The average Bonchev–Trinajstić information content (AvgIpc) is 3.33. The van der Waals surface area contributed by atoms with Crippen LogP contribution in [0.25, 0.3) is 22.2 Å². The van der Waals surface area contributed by atoms with Crippen LogP contribution in [0.4, 0.5) is 5.82 Å². The molecule has 3 aromatic heterocycles. The molecule has 2 unspecified atom stereocenters. The first-order chi connectivity index (χ1) is 18.6. The summed E-state index contributed by atoms with van der Waals surface area (Å²) in [5, 5.41) is 7.00. The molecule has 2 aliphatic heterocycles. The highest BCUT2D eigenvalue weighted by Crippen LogP contribution is 2.37. The summed E-state index contributed by atoms with van der Waals surface area (Å²) in [5.41, 5.74) is 3.54. The fourth-order valence-electron chi connectivity index (χ4n) is 5.12. The first-order valence-electron chi connectivity index (χ1n) is 13.0. The Bertz CT molecular complexity index is 1400. The number of fused-ring (bicyclic) bond motifs is 1. The van der Waals surface area contributed by atoms with Gasteiger partial charge in [0.2, 0.25) is 0 Å². The summed E-state index contributed by atoms with van der Waals surface area (Å²) in [6.45, 7) is 4.73. The van der Waals surface area contributed by atoms with Gasteiger partial charge in [0.15, 0.2) is 6.23 Å². The van der Waals surface area contributed by atoms with Crippen molar-refractivity contribution in [1.82, 2.24) is 19.7 Å². The van der Waals surface area contributed by atoms with Crippen molar-refractivity contribution in [2.45, 2.75) is 38.5 Å². The van der Waals surface area contributed by atoms with E-state index in [2.05, 4.69) is 28.1 Å². The predicted octanol–water partition coefficient (Wildman–Crippen LogP) is 7.19. The lowest BCUT2D eigenvalue weighted by Crippen LogP contribution is -2.32. The SMILES string of the molecule is CC(Oc1ccc2c(c1)c(-c1ccc(N3CCSCC3)nc1)nn2C1CCCCO1)c1c(Cl)cncc1Cl. The number of nitrogens with zero attached hydrogens (tertiary/aromatic N) is 5. The monoisotopic (exact) mass is 569 g/mol. The van der Waals surface area contributed by atoms with E-state index >= 15 is 0 Å². The maximum Gasteiger partial charge on any atom is 0.150 e. The first-order valence-corrected chi connectivity index (χ1v) is 14.9. The van der Waals surface area contributed by atoms with Crippen LogP contribution in [-0.2, 0) is 4.74 Å². The molecule has 2 saturated heterocycles. The number of benzene rings is 1. The van der Waals surface area contributed by atoms with Crippen molar-refractivity contribution in [2.24, 2.45) is 0 Å². The molecule has 5 heterocycles. The topological polar surface area (TPSA) is 65.3 Å². The number of hydrogen-bond donors (Lipinski definition) is 0. The fourth-order valence-corrected chi connectivity index (χ4v) is 6.70. The van der Waals surface area contributed by atoms with Crippen molar-refractivity contribution < 1.29 is 9.47 Å². The van der Waals surface area contributed by atoms with E-state index in [0.29, 0.717) is 21.4 Å². The second-order valence-corrected chi connectivity index (χ2v) is 11.6. The van der Waals surface area contributed by atoms with E-state index in [1.54, 1.807) is 12.4 Å². The second-order valence-electron chi connectivity index (χ2n) is 9.57. The Morgan fingerprint density at radius 2 is 1.87 bits per heavy atom. The van der Waals surface area contributed by atoms with Gasteiger partial charge in [0.25, 0.3) is 0 Å². The number of halogens is 2. The summed E-state index contributed by atoms with van der Waals surface area (Å²) >= 11 is 14.8. The number of thioether (sulfide) groups is 1. The quantitative estimate of drug-likeness (QED) is 0.243. The molecule has 0 spiro atoms. The maximum atomic E-state index is 6.38. The van der Waals surface area contributed by atoms with Crippen LogP contribution < -0.4 is 9.64 Å². The van der Waals surface area contributed by atoms with E-state index in [0.717, 1.165) is 78.4 Å². The third-order valence-corrected chi connectivity index (χ3v) is 8.62. The van der Waals surface area contributed by atoms with E-state index in [-0.39, 0.29) is 12.3 Å². The van der Waals surface area contributed by atoms with Crippen molar-refractivity contribution in [3.63, 3.8) is 0 Å². The van der Waals surface area contributed by atoms with Gasteiger partial charge in [-0.3, -0.25) is 4.98 Å². The lowest BCUT2D eigenvalue weighted by atomic mass is 10.1. The standard InChI is InChI=1S/C28H29Cl2N5O2S/c1-18(27-22(29)16-31-17-23(27)30)37-20-6-7-24-21(14-20)28(33-35(24)26-4-2-3-11-36-26)19-5-8-25(32-15-19)34-9-12-38-13-10-34/h5-8,14-18,26H,2-4,9-13H2,1H3. The third kappa shape index (κ3) is 5.19. The number of rotatable bonds is 6. The van der Waals surface area contributed by atoms with Crippen molar-refractivity contribution in [3.05, 3.63) is 64.5 Å². The molecule has 4 aromatic rings. The summed E-state index contributed by atoms with van der Waals surface area (Å²) in [4.78, 5) is 11.2. The van der Waals surface area contributed by atoms with E-state index in [1.807, 2.05) is 41.7 Å². The van der Waals surface area contributed by atoms with Gasteiger partial charge in [0, 0.05) is 66.3 Å². The highest BCUT2D eigenvalue weighted by atomic mass is 35.5. The molecule has 0 radical (unpaired) electrons. The molecule has 6 rings (SSSR count). The lowest BCUT2D eigenvalue weighted by Gasteiger charge is -2.27. The largest absolute Gasteiger partial charge is 0.486 e. The molecule has 7 nitrogen and oxygen atoms in total. The summed E-state index contributed by atoms with van der Waals surface area (Å²) in [5.74, 6) is 3.99. The van der Waals surface area contributed by atoms with Crippen molar-refractivity contribution in [3.8, 4) is 17.0 Å². The van der Waals surface area contributed by atoms with E-state index in [4.69, 9.17) is 42.8 Å². The van der Waals surface area contributed by atoms with Crippen LogP contribution in [0.15, 0.2) is 48.9 Å². The summed E-state index contributed by atoms with van der Waals surface area (Å²) in [7, 11) is 0. The molecule has 0 bridgehead atoms. The van der Waals surface area contributed by atoms with Gasteiger partial charge in [-0.1, -0.05) is 23.2 Å². The van der Waals surface area contributed by atoms with Gasteiger partial charge in [0.1, 0.15) is 23.4 Å². The Labute approximate surface area is 236 Å². The molecule has 198 valence electrons. The fraction of sp³-hybridized carbons (Fsp3) is 0.393. The number of anilines is 1. The van der Waals surface area contributed by atoms with Gasteiger partial charge in [-0.05, 0) is 56.5 Å². The summed E-state index contributed by atoms with van der Waals surface area (Å²) in [6, 6.07) is 10.3. The predicted molar refractivity (Wildman–Crippen MR) is 155 cm³/mol. The van der Waals surface area contributed by atoms with Crippen LogP contribution in [0.2, 0.25) is 10.0 Å². The van der Waals surface area contributed by atoms with Crippen LogP contribution in [0.1, 0.15) is 44.1 Å². The minimum absolute atomic E-state index is 0.0850. The Hall–Kier alpha value is -2.52. The van der Waals surface area contributed by atoms with Gasteiger partial charge in [-0.2, -0.15) is 16.9 Å². The van der Waals surface area contributed by atoms with Gasteiger partial charge in [0.05, 0.1) is 15.6 Å². The Morgan fingerprint density at radius 1 is 1.05 bits per heavy atom. The van der Waals surface area contributed by atoms with Gasteiger partial charge in [-0.25, -0.2) is 9.67 Å². The van der Waals surface area contributed by atoms with E-state index < -0.39 is 0 Å². The molecule has 0 saturated carbocycles. The number of aromatic nitrogens is 4.